The fourth-order valence-corrected chi connectivity index (χ4v) is 7.32. The van der Waals surface area contributed by atoms with Crippen molar-refractivity contribution in [1.82, 2.24) is 10.3 Å². The fourth-order valence-electron chi connectivity index (χ4n) is 7.32. The molecule has 1 aromatic heterocycles. The maximum absolute atomic E-state index is 14.3. The Morgan fingerprint density at radius 1 is 0.909 bits per heavy atom. The Labute approximate surface area is 322 Å². The zero-order chi connectivity index (χ0) is 38.7. The monoisotopic (exact) mass is 743 g/mol. The number of nitrogens with one attached hydrogen (secondary N) is 1. The van der Waals surface area contributed by atoms with Gasteiger partial charge in [-0.1, -0.05) is 66.2 Å². The summed E-state index contributed by atoms with van der Waals surface area (Å²) >= 11 is 0. The number of carbonyl (C=O) groups is 1. The van der Waals surface area contributed by atoms with Crippen LogP contribution in [0.15, 0.2) is 108 Å². The van der Waals surface area contributed by atoms with Gasteiger partial charge in [-0.2, -0.15) is 12.4 Å². The number of ketones is 1. The summed E-state index contributed by atoms with van der Waals surface area (Å²) < 4.78 is 11.5. The number of aliphatic imine (C=N–C) groups is 1. The number of aliphatic hydroxyl groups is 2. The number of hydrogen-bond acceptors (Lipinski definition) is 9. The van der Waals surface area contributed by atoms with E-state index >= 15 is 0 Å². The first-order chi connectivity index (χ1) is 26.7. The third-order valence-electron chi connectivity index (χ3n) is 10.2. The third-order valence-corrected chi connectivity index (χ3v) is 10.2. The molecule has 0 amide bonds. The second-order valence-corrected chi connectivity index (χ2v) is 14.3. The first-order valence-corrected chi connectivity index (χ1v) is 18.7. The highest BCUT2D eigenvalue weighted by molar-refractivity contribution is 5.87. The molecule has 0 aliphatic carbocycles. The minimum atomic E-state index is -0.994. The van der Waals surface area contributed by atoms with Crippen LogP contribution in [0.5, 0.6) is 23.0 Å². The molecule has 1 aliphatic heterocycles. The number of methoxy groups -OCH3 is 1. The average Bonchev–Trinajstić information content (AvgIpc) is 3.90. The highest BCUT2D eigenvalue weighted by Crippen LogP contribution is 2.38. The molecule has 0 bridgehead atoms. The lowest BCUT2D eigenvalue weighted by Crippen LogP contribution is -2.31. The van der Waals surface area contributed by atoms with Gasteiger partial charge in [-0.15, -0.1) is 4.99 Å². The highest BCUT2D eigenvalue weighted by Gasteiger charge is 2.31. The maximum Gasteiger partial charge on any atom is 0.176 e. The van der Waals surface area contributed by atoms with E-state index in [1.807, 2.05) is 36.4 Å². The van der Waals surface area contributed by atoms with Crippen molar-refractivity contribution in [1.29, 1.82) is 0 Å². The fraction of sp³-hybridized carbons (Fsp3) is 0.311. The van der Waals surface area contributed by atoms with Gasteiger partial charge in [-0.3, -0.25) is 10.1 Å². The maximum atomic E-state index is 14.3. The number of phenolic OH excluding ortho intramolecular Hbond substituents is 2. The van der Waals surface area contributed by atoms with E-state index in [1.54, 1.807) is 63.5 Å². The van der Waals surface area contributed by atoms with E-state index in [-0.39, 0.29) is 42.1 Å². The van der Waals surface area contributed by atoms with Crippen LogP contribution >= 0.6 is 0 Å². The summed E-state index contributed by atoms with van der Waals surface area (Å²) in [5.41, 5.74) is 5.49. The number of carbonyl (C=O) groups excluding carboxylic acids is 1. The van der Waals surface area contributed by atoms with E-state index in [1.165, 1.54) is 0 Å². The topological polar surface area (TPSA) is 155 Å². The summed E-state index contributed by atoms with van der Waals surface area (Å²) in [5, 5.41) is 48.1. The van der Waals surface area contributed by atoms with Crippen molar-refractivity contribution >= 4 is 22.8 Å². The van der Waals surface area contributed by atoms with Crippen LogP contribution in [0, 0.1) is 18.4 Å². The van der Waals surface area contributed by atoms with Gasteiger partial charge < -0.3 is 34.9 Å². The molecule has 4 atom stereocenters. The molecule has 5 aromatic rings. The van der Waals surface area contributed by atoms with Crippen molar-refractivity contribution in [3.8, 4) is 23.0 Å². The van der Waals surface area contributed by atoms with Crippen molar-refractivity contribution in [3.63, 3.8) is 0 Å². The molecule has 0 saturated carbocycles. The zero-order valence-electron chi connectivity index (χ0n) is 31.3. The molecule has 6 rings (SSSR count). The number of benzene rings is 4. The molecule has 286 valence electrons. The van der Waals surface area contributed by atoms with E-state index in [0.29, 0.717) is 44.4 Å². The first-order valence-electron chi connectivity index (χ1n) is 18.7. The number of Topliss-reactive ketones (excluding diaryl/α,β-unsaturated/α-hetero) is 1. The predicted octanol–water partition coefficient (Wildman–Crippen LogP) is 6.26. The normalized spacial score (nSPS) is 14.6. The molecule has 4 aromatic carbocycles. The molecular weight excluding hydrogens is 695 g/mol. The molecule has 0 spiro atoms. The first kappa shape index (κ1) is 39.2. The molecule has 10 heteroatoms. The smallest absolute Gasteiger partial charge is 0.176 e. The number of aliphatic hydroxyl groups excluding tert-OH is 2. The molecule has 2 heterocycles. The standard InChI is InChI=1S/C45H49N3O7/c1-29(49)25-48-28-55-44-21-30(10-12-40(44)50)18-36(19-31-14-16-46-26-31)42(52)24-43(53)37(20-32-15-17-47-27-32)22-35-11-13-41(51)45(54-2)39(35)23-34-8-5-7-33-6-3-4-9-38(33)34/h3-17,21,26-27,29,36-37,43,48-51,53H,18-20,22-25,28H2,1-2H3/t29-,36-,37-,43+/m0/s1. The Morgan fingerprint density at radius 3 is 2.49 bits per heavy atom. The average molecular weight is 744 g/mol. The van der Waals surface area contributed by atoms with Crippen LogP contribution in [-0.2, 0) is 30.5 Å². The zero-order valence-corrected chi connectivity index (χ0v) is 31.3. The van der Waals surface area contributed by atoms with Gasteiger partial charge in [0.25, 0.3) is 0 Å². The summed E-state index contributed by atoms with van der Waals surface area (Å²) in [4.78, 5) is 22.7. The predicted molar refractivity (Wildman–Crippen MR) is 214 cm³/mol. The van der Waals surface area contributed by atoms with Gasteiger partial charge in [-0.05, 0) is 77.8 Å². The van der Waals surface area contributed by atoms with Crippen LogP contribution in [0.25, 0.3) is 10.8 Å². The number of hydrogen-bond donors (Lipinski definition) is 5. The number of ether oxygens (including phenoxy) is 2. The molecule has 1 aliphatic rings. The molecule has 0 radical (unpaired) electrons. The molecule has 0 fully saturated rings. The number of allylic oxidation sites excluding steroid dienone is 1. The third kappa shape index (κ3) is 10.4. The van der Waals surface area contributed by atoms with Crippen molar-refractivity contribution in [3.05, 3.63) is 137 Å². The lowest BCUT2D eigenvalue weighted by atomic mass is 9.81. The second-order valence-electron chi connectivity index (χ2n) is 14.3. The Bertz CT molecular complexity index is 2100. The lowest BCUT2D eigenvalue weighted by Gasteiger charge is -2.26. The number of phenols is 2. The van der Waals surface area contributed by atoms with E-state index in [2.05, 4.69) is 39.6 Å². The molecule has 0 unspecified atom stereocenters. The molecule has 0 saturated heterocycles. The van der Waals surface area contributed by atoms with Crippen LogP contribution in [-0.4, -0.2) is 65.0 Å². The number of nitrogens with zero attached hydrogens (tertiary/aromatic N) is 2. The summed E-state index contributed by atoms with van der Waals surface area (Å²) in [6, 6.07) is 24.8. The number of aromatic nitrogens is 1. The van der Waals surface area contributed by atoms with E-state index in [4.69, 9.17) is 9.47 Å². The highest BCUT2D eigenvalue weighted by atomic mass is 16.5. The van der Waals surface area contributed by atoms with Crippen molar-refractivity contribution < 1.29 is 34.7 Å². The quantitative estimate of drug-likeness (QED) is 0.0353. The summed E-state index contributed by atoms with van der Waals surface area (Å²) in [7, 11) is 1.55. The second kappa shape index (κ2) is 18.7. The molecule has 55 heavy (non-hydrogen) atoms. The van der Waals surface area contributed by atoms with Crippen LogP contribution in [0.3, 0.4) is 0 Å². The lowest BCUT2D eigenvalue weighted by molar-refractivity contribution is -0.125. The Balaban J connectivity index is 1.25. The molecule has 10 nitrogen and oxygen atoms in total. The van der Waals surface area contributed by atoms with Gasteiger partial charge in [0.15, 0.2) is 29.2 Å². The Kier molecular flexibility index (Phi) is 13.3. The van der Waals surface area contributed by atoms with Crippen LogP contribution < -0.4 is 19.8 Å². The summed E-state index contributed by atoms with van der Waals surface area (Å²) in [6.45, 7) is 3.79. The Hall–Kier alpha value is -5.55. The molecular formula is C45H49N3O7. The van der Waals surface area contributed by atoms with E-state index in [9.17, 15) is 25.2 Å². The Morgan fingerprint density at radius 2 is 1.73 bits per heavy atom. The number of aromatic hydroxyl groups is 2. The van der Waals surface area contributed by atoms with Crippen LogP contribution in [0.4, 0.5) is 0 Å². The number of fused-ring (bicyclic) bond motifs is 1. The largest absolute Gasteiger partial charge is 0.670 e. The number of rotatable bonds is 20. The van der Waals surface area contributed by atoms with Crippen LogP contribution in [0.1, 0.15) is 47.6 Å². The SMILES string of the molecule is COc1c(O)ccc(C[C@H](Cc2cc[n-]c2)[C@H](O)CC(=O)[C@H](CC2=C[CH+]N=C2)Cc2ccc(O)c(OCNC[C@H](C)O)c2)c1Cc1cccc2ccccc12. The van der Waals surface area contributed by atoms with E-state index in [0.717, 1.165) is 44.2 Å². The minimum Gasteiger partial charge on any atom is -0.670 e. The van der Waals surface area contributed by atoms with Gasteiger partial charge >= 0.3 is 0 Å². The van der Waals surface area contributed by atoms with Gasteiger partial charge in [-0.25, -0.2) is 0 Å². The summed E-state index contributed by atoms with van der Waals surface area (Å²) in [6.07, 6.45) is 7.73. The van der Waals surface area contributed by atoms with Crippen molar-refractivity contribution in [2.75, 3.05) is 20.4 Å². The van der Waals surface area contributed by atoms with Gasteiger partial charge in [0.2, 0.25) is 0 Å². The van der Waals surface area contributed by atoms with E-state index < -0.39 is 18.1 Å². The van der Waals surface area contributed by atoms with Gasteiger partial charge in [0, 0.05) is 37.3 Å². The van der Waals surface area contributed by atoms with Crippen molar-refractivity contribution in [2.24, 2.45) is 16.8 Å². The summed E-state index contributed by atoms with van der Waals surface area (Å²) in [5.74, 6) is -0.269. The van der Waals surface area contributed by atoms with Crippen LogP contribution in [0.2, 0.25) is 0 Å². The van der Waals surface area contributed by atoms with Crippen molar-refractivity contribution in [2.45, 2.75) is 57.7 Å². The molecule has 5 N–H and O–H groups in total. The van der Waals surface area contributed by atoms with Gasteiger partial charge in [0.1, 0.15) is 24.6 Å². The minimum absolute atomic E-state index is 0.0309. The van der Waals surface area contributed by atoms with Gasteiger partial charge in [0.05, 0.1) is 25.4 Å².